The van der Waals surface area contributed by atoms with Crippen LogP contribution in [0.5, 0.6) is 0 Å². The number of benzene rings is 1. The number of anilines is 3. The van der Waals surface area contributed by atoms with E-state index in [2.05, 4.69) is 30.8 Å². The van der Waals surface area contributed by atoms with E-state index in [1.165, 1.54) is 8.99 Å². The maximum atomic E-state index is 12.3. The minimum atomic E-state index is -3.41. The van der Waals surface area contributed by atoms with E-state index in [0.717, 1.165) is 56.0 Å². The van der Waals surface area contributed by atoms with Crippen molar-refractivity contribution in [2.75, 3.05) is 43.9 Å². The molecule has 3 fully saturated rings. The van der Waals surface area contributed by atoms with E-state index < -0.39 is 16.1 Å². The molecule has 0 radical (unpaired) electrons. The van der Waals surface area contributed by atoms with E-state index in [4.69, 9.17) is 14.5 Å². The predicted molar refractivity (Wildman–Crippen MR) is 153 cm³/mol. The summed E-state index contributed by atoms with van der Waals surface area (Å²) in [5.74, 6) is 1.83. The summed E-state index contributed by atoms with van der Waals surface area (Å²) in [6.45, 7) is 3.15. The Balaban J connectivity index is 1.22. The fourth-order valence-corrected chi connectivity index (χ4v) is 7.01. The lowest BCUT2D eigenvalue weighted by Gasteiger charge is -2.46. The first-order valence-electron chi connectivity index (χ1n) is 14.0. The number of aromatic nitrogens is 6. The molecule has 0 saturated carbocycles. The fourth-order valence-electron chi connectivity index (χ4n) is 5.95. The number of rotatable bonds is 8. The summed E-state index contributed by atoms with van der Waals surface area (Å²) in [6.07, 6.45) is 4.61. The van der Waals surface area contributed by atoms with E-state index in [-0.39, 0.29) is 30.4 Å². The molecule has 4 aliphatic heterocycles. The lowest BCUT2D eigenvalue weighted by Crippen LogP contribution is -2.51. The van der Waals surface area contributed by atoms with Crippen LogP contribution >= 0.6 is 0 Å². The number of nitrogens with one attached hydrogen (secondary N) is 2. The van der Waals surface area contributed by atoms with E-state index >= 15 is 0 Å². The highest BCUT2D eigenvalue weighted by Gasteiger charge is 2.44. The van der Waals surface area contributed by atoms with Crippen LogP contribution in [0.4, 0.5) is 17.6 Å². The minimum Gasteiger partial charge on any atom is -0.394 e. The van der Waals surface area contributed by atoms with Gasteiger partial charge in [0.2, 0.25) is 16.0 Å². The van der Waals surface area contributed by atoms with Gasteiger partial charge in [0.1, 0.15) is 11.4 Å². The molecule has 220 valence electrons. The van der Waals surface area contributed by atoms with Crippen LogP contribution in [-0.4, -0.2) is 85.9 Å². The minimum absolute atomic E-state index is 0.0775. The predicted octanol–water partition coefficient (Wildman–Crippen LogP) is 2.08. The SMILES string of the molecule is CN1Cc2cc(Nc3ncc(-c4nc(C56CCN(CC5)CC6)no4)c(N[C@H](CO)c4ccccc4)n3)nn2CS1(=O)=O. The number of piperidine rings is 3. The average Bonchev–Trinajstić information content (AvgIpc) is 3.65. The number of hydrogen-bond donors (Lipinski definition) is 3. The van der Waals surface area contributed by atoms with Gasteiger partial charge in [-0.3, -0.25) is 0 Å². The molecule has 8 rings (SSSR count). The third-order valence-corrected chi connectivity index (χ3v) is 10.2. The van der Waals surface area contributed by atoms with Crippen LogP contribution in [0.3, 0.4) is 0 Å². The van der Waals surface area contributed by atoms with Crippen LogP contribution in [0.25, 0.3) is 11.5 Å². The third-order valence-electron chi connectivity index (χ3n) is 8.58. The van der Waals surface area contributed by atoms with Gasteiger partial charge in [-0.1, -0.05) is 35.5 Å². The molecule has 7 heterocycles. The molecule has 1 atom stereocenters. The number of sulfonamides is 1. The van der Waals surface area contributed by atoms with Gasteiger partial charge in [-0.2, -0.15) is 19.4 Å². The number of aliphatic hydroxyl groups excluding tert-OH is 1. The maximum absolute atomic E-state index is 12.3. The van der Waals surface area contributed by atoms with Gasteiger partial charge in [0.05, 0.1) is 24.9 Å². The quantitative estimate of drug-likeness (QED) is 0.273. The Labute approximate surface area is 242 Å². The number of aliphatic hydroxyl groups is 1. The number of hydrogen-bond acceptors (Lipinski definition) is 12. The van der Waals surface area contributed by atoms with Crippen LogP contribution < -0.4 is 10.6 Å². The smallest absolute Gasteiger partial charge is 0.263 e. The summed E-state index contributed by atoms with van der Waals surface area (Å²) < 4.78 is 33.1. The molecule has 2 bridgehead atoms. The van der Waals surface area contributed by atoms with Crippen molar-refractivity contribution in [3.05, 3.63) is 59.7 Å². The molecule has 3 saturated heterocycles. The molecular weight excluding hydrogens is 560 g/mol. The number of fused-ring (bicyclic) bond motifs is 4. The van der Waals surface area contributed by atoms with Gasteiger partial charge in [0.15, 0.2) is 17.5 Å². The summed E-state index contributed by atoms with van der Waals surface area (Å²) in [4.78, 5) is 16.5. The molecule has 0 aliphatic carbocycles. The zero-order valence-electron chi connectivity index (χ0n) is 23.1. The maximum Gasteiger partial charge on any atom is 0.263 e. The molecule has 0 unspecified atom stereocenters. The van der Waals surface area contributed by atoms with Crippen LogP contribution in [0.15, 0.2) is 47.1 Å². The summed E-state index contributed by atoms with van der Waals surface area (Å²) in [5, 5.41) is 25.5. The highest BCUT2D eigenvalue weighted by atomic mass is 32.2. The van der Waals surface area contributed by atoms with Crippen molar-refractivity contribution in [2.45, 2.75) is 43.1 Å². The van der Waals surface area contributed by atoms with Gasteiger partial charge in [-0.25, -0.2) is 18.1 Å². The lowest BCUT2D eigenvalue weighted by atomic mass is 9.71. The van der Waals surface area contributed by atoms with Crippen LogP contribution in [0.1, 0.15) is 42.4 Å². The average molecular weight is 593 g/mol. The first-order chi connectivity index (χ1) is 20.3. The summed E-state index contributed by atoms with van der Waals surface area (Å²) in [5.41, 5.74) is 2.06. The lowest BCUT2D eigenvalue weighted by molar-refractivity contribution is 0.0747. The van der Waals surface area contributed by atoms with E-state index in [1.807, 2.05) is 30.3 Å². The fraction of sp³-hybridized carbons (Fsp3) is 0.444. The van der Waals surface area contributed by atoms with Gasteiger partial charge in [-0.05, 0) is 44.5 Å². The molecule has 0 amide bonds. The molecule has 1 aromatic carbocycles. The molecule has 3 N–H and O–H groups in total. The van der Waals surface area contributed by atoms with Crippen molar-refractivity contribution in [1.29, 1.82) is 0 Å². The largest absolute Gasteiger partial charge is 0.394 e. The monoisotopic (exact) mass is 592 g/mol. The molecule has 0 spiro atoms. The molecule has 3 aromatic heterocycles. The van der Waals surface area contributed by atoms with Crippen molar-refractivity contribution in [1.82, 2.24) is 39.1 Å². The van der Waals surface area contributed by atoms with Gasteiger partial charge >= 0.3 is 0 Å². The van der Waals surface area contributed by atoms with Gasteiger partial charge in [0, 0.05) is 24.7 Å². The highest BCUT2D eigenvalue weighted by Crippen LogP contribution is 2.42. The zero-order chi connectivity index (χ0) is 28.9. The summed E-state index contributed by atoms with van der Waals surface area (Å²) >= 11 is 0. The number of nitrogens with zero attached hydrogens (tertiary/aromatic N) is 8. The highest BCUT2D eigenvalue weighted by molar-refractivity contribution is 7.88. The van der Waals surface area contributed by atoms with Crippen molar-refractivity contribution in [3.8, 4) is 11.5 Å². The molecule has 14 nitrogen and oxygen atoms in total. The standard InChI is InChI=1S/C27H32N10O4S/c1-35-15-19-13-22(33-37(19)17-42(35,39)40)30-26-28-14-20(23(31-26)29-21(16-38)18-5-3-2-4-6-18)24-32-25(34-41-24)27-7-10-36(11-8-27)12-9-27/h2-6,13-14,21,38H,7-12,15-17H2,1H3,(H2,28,29,30,31,33)/t21-/m1/s1. The Morgan fingerprint density at radius 2 is 1.88 bits per heavy atom. The normalized spacial score (nSPS) is 23.8. The van der Waals surface area contributed by atoms with Crippen LogP contribution in [0.2, 0.25) is 0 Å². The Bertz CT molecular complexity index is 1680. The zero-order valence-corrected chi connectivity index (χ0v) is 24.0. The Kier molecular flexibility index (Phi) is 6.68. The van der Waals surface area contributed by atoms with Gasteiger partial charge < -0.3 is 25.2 Å². The second-order valence-corrected chi connectivity index (χ2v) is 13.2. The first kappa shape index (κ1) is 26.9. The van der Waals surface area contributed by atoms with Crippen LogP contribution in [0, 0.1) is 0 Å². The van der Waals surface area contributed by atoms with E-state index in [0.29, 0.717) is 23.1 Å². The molecular formula is C27H32N10O4S. The Hall–Kier alpha value is -3.92. The van der Waals surface area contributed by atoms with E-state index in [9.17, 15) is 13.5 Å². The van der Waals surface area contributed by atoms with Gasteiger partial charge in [0.25, 0.3) is 5.89 Å². The Morgan fingerprint density at radius 1 is 1.12 bits per heavy atom. The van der Waals surface area contributed by atoms with Crippen molar-refractivity contribution < 1.29 is 18.0 Å². The third kappa shape index (κ3) is 4.91. The molecule has 42 heavy (non-hydrogen) atoms. The topological polar surface area (TPSA) is 167 Å². The second kappa shape index (κ2) is 10.4. The first-order valence-corrected chi connectivity index (χ1v) is 15.6. The Morgan fingerprint density at radius 3 is 2.62 bits per heavy atom. The molecule has 15 heteroatoms. The van der Waals surface area contributed by atoms with E-state index in [1.54, 1.807) is 19.3 Å². The van der Waals surface area contributed by atoms with Crippen LogP contribution in [-0.2, 0) is 27.9 Å². The van der Waals surface area contributed by atoms with Gasteiger partial charge in [-0.15, -0.1) is 0 Å². The summed E-state index contributed by atoms with van der Waals surface area (Å²) in [7, 11) is -1.87. The van der Waals surface area contributed by atoms with Crippen molar-refractivity contribution in [2.24, 2.45) is 0 Å². The summed E-state index contributed by atoms with van der Waals surface area (Å²) in [6, 6.07) is 10.9. The molecule has 4 aromatic rings. The van der Waals surface area contributed by atoms with Crippen molar-refractivity contribution >= 4 is 27.6 Å². The molecule has 4 aliphatic rings. The van der Waals surface area contributed by atoms with Crippen molar-refractivity contribution in [3.63, 3.8) is 0 Å². The second-order valence-electron chi connectivity index (χ2n) is 11.2.